The number of carbonyl (C=O) groups excluding carboxylic acids is 1. The number of benzene rings is 1. The van der Waals surface area contributed by atoms with Crippen LogP contribution in [0, 0.1) is 0 Å². The molecule has 3 nitrogen and oxygen atoms in total. The van der Waals surface area contributed by atoms with E-state index in [0.717, 1.165) is 25.9 Å². The minimum Gasteiger partial charge on any atom is -0.466 e. The van der Waals surface area contributed by atoms with Crippen LogP contribution in [0.5, 0.6) is 0 Å². The van der Waals surface area contributed by atoms with Gasteiger partial charge >= 0.3 is 5.97 Å². The first-order valence-corrected chi connectivity index (χ1v) is 12.0. The van der Waals surface area contributed by atoms with Crippen LogP contribution in [0.3, 0.4) is 0 Å². The van der Waals surface area contributed by atoms with E-state index >= 15 is 0 Å². The minimum absolute atomic E-state index is 0.0956. The van der Waals surface area contributed by atoms with Gasteiger partial charge in [0.2, 0.25) is 0 Å². The average molecular weight is 337 g/mol. The maximum Gasteiger partial charge on any atom is 0.305 e. The van der Waals surface area contributed by atoms with E-state index in [-0.39, 0.29) is 12.1 Å². The third-order valence-electron chi connectivity index (χ3n) is 4.26. The first kappa shape index (κ1) is 19.9. The molecule has 0 amide bonds. The predicted octanol–water partition coefficient (Wildman–Crippen LogP) is 4.13. The Hall–Kier alpha value is -1.13. The molecule has 0 N–H and O–H groups in total. The van der Waals surface area contributed by atoms with Gasteiger partial charge < -0.3 is 9.47 Å². The van der Waals surface area contributed by atoms with E-state index in [1.807, 2.05) is 13.8 Å². The first-order chi connectivity index (χ1) is 11.0. The summed E-state index contributed by atoms with van der Waals surface area (Å²) in [7, 11) is -1.42. The van der Waals surface area contributed by atoms with E-state index in [1.165, 1.54) is 11.2 Å². The van der Waals surface area contributed by atoms with E-state index in [9.17, 15) is 4.79 Å². The van der Waals surface area contributed by atoms with E-state index in [4.69, 9.17) is 9.47 Å². The molecule has 0 aliphatic heterocycles. The van der Waals surface area contributed by atoms with Gasteiger partial charge in [-0.05, 0) is 33.1 Å². The topological polar surface area (TPSA) is 35.5 Å². The van der Waals surface area contributed by atoms with Crippen molar-refractivity contribution in [2.75, 3.05) is 13.2 Å². The zero-order valence-electron chi connectivity index (χ0n) is 15.1. The zero-order chi connectivity index (χ0) is 17.1. The van der Waals surface area contributed by atoms with Crippen LogP contribution in [0.15, 0.2) is 30.3 Å². The third-order valence-corrected chi connectivity index (χ3v) is 7.70. The zero-order valence-corrected chi connectivity index (χ0v) is 16.1. The van der Waals surface area contributed by atoms with Crippen LogP contribution in [-0.2, 0) is 14.3 Å². The van der Waals surface area contributed by atoms with Crippen LogP contribution in [0.25, 0.3) is 0 Å². The molecule has 0 radical (unpaired) electrons. The van der Waals surface area contributed by atoms with Crippen molar-refractivity contribution in [1.29, 1.82) is 0 Å². The Morgan fingerprint density at radius 2 is 1.78 bits per heavy atom. The van der Waals surface area contributed by atoms with Gasteiger partial charge in [0, 0.05) is 13.0 Å². The Labute approximate surface area is 142 Å². The SMILES string of the molecule is CCOC(=O)CCCC(CC[Si](C)(C)c1ccccc1)OCC. The molecule has 23 heavy (non-hydrogen) atoms. The van der Waals surface area contributed by atoms with Crippen molar-refractivity contribution >= 4 is 19.2 Å². The van der Waals surface area contributed by atoms with E-state index in [1.54, 1.807) is 0 Å². The van der Waals surface area contributed by atoms with E-state index in [2.05, 4.69) is 43.4 Å². The van der Waals surface area contributed by atoms with Gasteiger partial charge in [-0.2, -0.15) is 0 Å². The summed E-state index contributed by atoms with van der Waals surface area (Å²) < 4.78 is 10.9. The molecule has 1 aromatic carbocycles. The second kappa shape index (κ2) is 10.6. The molecule has 0 bridgehead atoms. The predicted molar refractivity (Wildman–Crippen MR) is 98.9 cm³/mol. The fraction of sp³-hybridized carbons (Fsp3) is 0.632. The van der Waals surface area contributed by atoms with Crippen LogP contribution in [-0.4, -0.2) is 33.4 Å². The first-order valence-electron chi connectivity index (χ1n) is 8.82. The molecule has 0 aromatic heterocycles. The molecule has 1 unspecified atom stereocenters. The van der Waals surface area contributed by atoms with Crippen molar-refractivity contribution in [3.8, 4) is 0 Å². The van der Waals surface area contributed by atoms with Crippen molar-refractivity contribution in [1.82, 2.24) is 0 Å². The lowest BCUT2D eigenvalue weighted by Gasteiger charge is -2.26. The summed E-state index contributed by atoms with van der Waals surface area (Å²) in [5.74, 6) is -0.0956. The number of hydrogen-bond acceptors (Lipinski definition) is 3. The summed E-state index contributed by atoms with van der Waals surface area (Å²) in [5, 5.41) is 1.50. The highest BCUT2D eigenvalue weighted by atomic mass is 28.3. The maximum absolute atomic E-state index is 11.4. The van der Waals surface area contributed by atoms with E-state index < -0.39 is 8.07 Å². The van der Waals surface area contributed by atoms with Gasteiger partial charge in [-0.1, -0.05) is 54.7 Å². The average Bonchev–Trinajstić information content (AvgIpc) is 2.54. The van der Waals surface area contributed by atoms with Crippen LogP contribution < -0.4 is 5.19 Å². The molecule has 0 saturated carbocycles. The van der Waals surface area contributed by atoms with Crippen LogP contribution in [0.1, 0.15) is 39.5 Å². The number of ether oxygens (including phenoxy) is 2. The Morgan fingerprint density at radius 3 is 2.39 bits per heavy atom. The fourth-order valence-electron chi connectivity index (χ4n) is 2.81. The fourth-order valence-corrected chi connectivity index (χ4v) is 5.24. The molecule has 1 rings (SSSR count). The van der Waals surface area contributed by atoms with Gasteiger partial charge in [-0.15, -0.1) is 0 Å². The Bertz CT molecular complexity index is 445. The largest absolute Gasteiger partial charge is 0.466 e. The lowest BCUT2D eigenvalue weighted by Crippen LogP contribution is -2.41. The van der Waals surface area contributed by atoms with Crippen LogP contribution in [0.2, 0.25) is 19.1 Å². The van der Waals surface area contributed by atoms with Gasteiger partial charge in [0.15, 0.2) is 0 Å². The molecular formula is C19H32O3Si. The molecule has 0 aliphatic carbocycles. The Kier molecular flexibility index (Phi) is 9.18. The second-order valence-electron chi connectivity index (χ2n) is 6.56. The highest BCUT2D eigenvalue weighted by molar-refractivity contribution is 6.89. The normalized spacial score (nSPS) is 12.9. The Morgan fingerprint density at radius 1 is 1.09 bits per heavy atom. The number of esters is 1. The molecule has 130 valence electrons. The van der Waals surface area contributed by atoms with Crippen molar-refractivity contribution < 1.29 is 14.3 Å². The summed E-state index contributed by atoms with van der Waals surface area (Å²) >= 11 is 0. The summed E-state index contributed by atoms with van der Waals surface area (Å²) in [4.78, 5) is 11.4. The summed E-state index contributed by atoms with van der Waals surface area (Å²) in [5.41, 5.74) is 0. The lowest BCUT2D eigenvalue weighted by atomic mass is 10.1. The molecular weight excluding hydrogens is 304 g/mol. The molecule has 1 atom stereocenters. The monoisotopic (exact) mass is 336 g/mol. The van der Waals surface area contributed by atoms with Gasteiger partial charge in [-0.3, -0.25) is 4.79 Å². The molecule has 0 aliphatic rings. The summed E-state index contributed by atoms with van der Waals surface area (Å²) in [6.45, 7) is 9.92. The molecule has 0 spiro atoms. The number of hydrogen-bond donors (Lipinski definition) is 0. The van der Waals surface area contributed by atoms with Crippen molar-refractivity contribution in [3.05, 3.63) is 30.3 Å². The third kappa shape index (κ3) is 7.80. The number of carbonyl (C=O) groups is 1. The van der Waals surface area contributed by atoms with Crippen LogP contribution in [0.4, 0.5) is 0 Å². The quantitative estimate of drug-likeness (QED) is 0.450. The van der Waals surface area contributed by atoms with Crippen molar-refractivity contribution in [2.24, 2.45) is 0 Å². The van der Waals surface area contributed by atoms with E-state index in [0.29, 0.717) is 13.0 Å². The van der Waals surface area contributed by atoms with Gasteiger partial charge in [-0.25, -0.2) is 0 Å². The molecule has 4 heteroatoms. The second-order valence-corrected chi connectivity index (χ2v) is 11.4. The van der Waals surface area contributed by atoms with Crippen molar-refractivity contribution in [3.63, 3.8) is 0 Å². The maximum atomic E-state index is 11.4. The standard InChI is InChI=1S/C19H32O3Si/c1-5-21-17(11-10-14-19(20)22-6-2)15-16-23(3,4)18-12-8-7-9-13-18/h7-9,12-13,17H,5-6,10-11,14-16H2,1-4H3. The lowest BCUT2D eigenvalue weighted by molar-refractivity contribution is -0.143. The molecule has 0 fully saturated rings. The highest BCUT2D eigenvalue weighted by Gasteiger charge is 2.24. The smallest absolute Gasteiger partial charge is 0.305 e. The van der Waals surface area contributed by atoms with Crippen molar-refractivity contribution in [2.45, 2.75) is 64.8 Å². The molecule has 0 heterocycles. The minimum atomic E-state index is -1.42. The van der Waals surface area contributed by atoms with Crippen LogP contribution >= 0.6 is 0 Å². The molecule has 1 aromatic rings. The highest BCUT2D eigenvalue weighted by Crippen LogP contribution is 2.19. The van der Waals surface area contributed by atoms with Gasteiger partial charge in [0.1, 0.15) is 0 Å². The van der Waals surface area contributed by atoms with Gasteiger partial charge in [0.05, 0.1) is 20.8 Å². The summed E-state index contributed by atoms with van der Waals surface area (Å²) in [6.07, 6.45) is 3.61. The van der Waals surface area contributed by atoms with Gasteiger partial charge in [0.25, 0.3) is 0 Å². The molecule has 0 saturated heterocycles. The summed E-state index contributed by atoms with van der Waals surface area (Å²) in [6, 6.07) is 12.0. The number of rotatable bonds is 11. The Balaban J connectivity index is 2.44.